The van der Waals surface area contributed by atoms with Crippen LogP contribution in [-0.2, 0) is 11.3 Å². The summed E-state index contributed by atoms with van der Waals surface area (Å²) in [4.78, 5) is 16.7. The van der Waals surface area contributed by atoms with E-state index in [2.05, 4.69) is 53.2 Å². The Balaban J connectivity index is 1.51. The number of hydrogen-bond donors (Lipinski definition) is 0. The molecular formula is C20H29N5OS. The maximum Gasteiger partial charge on any atom is 0.233 e. The van der Waals surface area contributed by atoms with Crippen LogP contribution in [0.3, 0.4) is 0 Å². The van der Waals surface area contributed by atoms with Gasteiger partial charge in [-0.3, -0.25) is 4.79 Å². The molecule has 3 rings (SSSR count). The fourth-order valence-electron chi connectivity index (χ4n) is 3.25. The first-order chi connectivity index (χ1) is 13.0. The summed E-state index contributed by atoms with van der Waals surface area (Å²) in [5.41, 5.74) is 2.44. The lowest BCUT2D eigenvalue weighted by atomic mass is 10.1. The number of amides is 1. The maximum atomic E-state index is 12.5. The van der Waals surface area contributed by atoms with Crippen molar-refractivity contribution in [2.75, 3.05) is 30.8 Å². The smallest absolute Gasteiger partial charge is 0.233 e. The molecule has 0 saturated carbocycles. The normalized spacial score (nSPS) is 14.6. The number of aromatic nitrogens is 3. The Morgan fingerprint density at radius 1 is 1.19 bits per heavy atom. The van der Waals surface area contributed by atoms with Gasteiger partial charge in [0.25, 0.3) is 0 Å². The molecule has 0 unspecified atom stereocenters. The first kappa shape index (κ1) is 19.7. The third-order valence-electron chi connectivity index (χ3n) is 4.92. The van der Waals surface area contributed by atoms with E-state index in [0.717, 1.165) is 23.8 Å². The third-order valence-corrected chi connectivity index (χ3v) is 5.87. The second kappa shape index (κ2) is 9.26. The van der Waals surface area contributed by atoms with Crippen LogP contribution in [0.5, 0.6) is 0 Å². The van der Waals surface area contributed by atoms with Crippen molar-refractivity contribution in [3.8, 4) is 0 Å². The van der Waals surface area contributed by atoms with Crippen molar-refractivity contribution in [2.45, 2.75) is 50.9 Å². The van der Waals surface area contributed by atoms with Crippen molar-refractivity contribution in [3.05, 3.63) is 36.2 Å². The molecular weight excluding hydrogens is 358 g/mol. The standard InChI is InChI=1S/C20H29N5OS/c1-16(2)25-15-21-22-20(25)27-14-19(26)23(3)13-17-7-9-18(10-8-17)24-11-5-4-6-12-24/h7-10,15-16H,4-6,11-14H2,1-3H3. The summed E-state index contributed by atoms with van der Waals surface area (Å²) in [6.45, 7) is 7.08. The number of piperidine rings is 1. The SMILES string of the molecule is CC(C)n1cnnc1SCC(=O)N(C)Cc1ccc(N2CCCCC2)cc1. The van der Waals surface area contributed by atoms with Gasteiger partial charge in [-0.1, -0.05) is 23.9 Å². The number of carbonyl (C=O) groups is 1. The molecule has 2 heterocycles. The summed E-state index contributed by atoms with van der Waals surface area (Å²) in [5.74, 6) is 0.465. The van der Waals surface area contributed by atoms with Crippen molar-refractivity contribution < 1.29 is 4.79 Å². The Labute approximate surface area is 165 Å². The van der Waals surface area contributed by atoms with Crippen molar-refractivity contribution in [3.63, 3.8) is 0 Å². The number of thioether (sulfide) groups is 1. The molecule has 0 N–H and O–H groups in total. The third kappa shape index (κ3) is 5.25. The van der Waals surface area contributed by atoms with Crippen molar-refractivity contribution >= 4 is 23.4 Å². The molecule has 1 aliphatic rings. The Morgan fingerprint density at radius 2 is 1.89 bits per heavy atom. The van der Waals surface area contributed by atoms with E-state index >= 15 is 0 Å². The minimum Gasteiger partial charge on any atom is -0.372 e. The maximum absolute atomic E-state index is 12.5. The quantitative estimate of drug-likeness (QED) is 0.680. The highest BCUT2D eigenvalue weighted by molar-refractivity contribution is 7.99. The van der Waals surface area contributed by atoms with Crippen LogP contribution in [0.1, 0.15) is 44.7 Å². The van der Waals surface area contributed by atoms with Gasteiger partial charge in [-0.25, -0.2) is 0 Å². The van der Waals surface area contributed by atoms with Gasteiger partial charge in [-0.2, -0.15) is 0 Å². The van der Waals surface area contributed by atoms with Gasteiger partial charge in [0.1, 0.15) is 6.33 Å². The summed E-state index contributed by atoms with van der Waals surface area (Å²) in [6, 6.07) is 8.92. The molecule has 1 aromatic heterocycles. The van der Waals surface area contributed by atoms with Crippen LogP contribution >= 0.6 is 11.8 Å². The van der Waals surface area contributed by atoms with Crippen LogP contribution in [0.4, 0.5) is 5.69 Å². The lowest BCUT2D eigenvalue weighted by Crippen LogP contribution is -2.29. The Kier molecular flexibility index (Phi) is 6.77. The molecule has 0 radical (unpaired) electrons. The largest absolute Gasteiger partial charge is 0.372 e. The van der Waals surface area contributed by atoms with E-state index in [4.69, 9.17) is 0 Å². The molecule has 1 saturated heterocycles. The van der Waals surface area contributed by atoms with E-state index in [1.165, 1.54) is 36.7 Å². The molecule has 146 valence electrons. The minimum absolute atomic E-state index is 0.0958. The summed E-state index contributed by atoms with van der Waals surface area (Å²) in [5, 5.41) is 8.84. The number of benzene rings is 1. The monoisotopic (exact) mass is 387 g/mol. The molecule has 1 aliphatic heterocycles. The average Bonchev–Trinajstić information content (AvgIpc) is 3.16. The van der Waals surface area contributed by atoms with E-state index in [9.17, 15) is 4.79 Å². The molecule has 0 spiro atoms. The van der Waals surface area contributed by atoms with E-state index in [0.29, 0.717) is 12.3 Å². The minimum atomic E-state index is 0.0958. The summed E-state index contributed by atoms with van der Waals surface area (Å²) < 4.78 is 1.98. The van der Waals surface area contributed by atoms with Crippen LogP contribution in [0.25, 0.3) is 0 Å². The van der Waals surface area contributed by atoms with Gasteiger partial charge in [0.2, 0.25) is 5.91 Å². The number of anilines is 1. The predicted octanol–water partition coefficient (Wildman–Crippen LogP) is 3.60. The van der Waals surface area contributed by atoms with Crippen LogP contribution in [0, 0.1) is 0 Å². The first-order valence-corrected chi connectivity index (χ1v) is 10.6. The fourth-order valence-corrected chi connectivity index (χ4v) is 4.24. The van der Waals surface area contributed by atoms with Gasteiger partial charge in [-0.15, -0.1) is 10.2 Å². The molecule has 1 amide bonds. The van der Waals surface area contributed by atoms with E-state index in [1.54, 1.807) is 11.2 Å². The topological polar surface area (TPSA) is 54.3 Å². The lowest BCUT2D eigenvalue weighted by Gasteiger charge is -2.29. The predicted molar refractivity (Wildman–Crippen MR) is 110 cm³/mol. The zero-order chi connectivity index (χ0) is 19.2. The highest BCUT2D eigenvalue weighted by Gasteiger charge is 2.15. The lowest BCUT2D eigenvalue weighted by molar-refractivity contribution is -0.127. The highest BCUT2D eigenvalue weighted by atomic mass is 32.2. The first-order valence-electron chi connectivity index (χ1n) is 9.65. The van der Waals surface area contributed by atoms with E-state index < -0.39 is 0 Å². The Hall–Kier alpha value is -2.02. The zero-order valence-corrected chi connectivity index (χ0v) is 17.3. The summed E-state index contributed by atoms with van der Waals surface area (Å²) in [7, 11) is 1.86. The highest BCUT2D eigenvalue weighted by Crippen LogP contribution is 2.22. The van der Waals surface area contributed by atoms with Gasteiger partial charge in [0.05, 0.1) is 5.75 Å². The molecule has 2 aromatic rings. The van der Waals surface area contributed by atoms with E-state index in [-0.39, 0.29) is 11.9 Å². The molecule has 1 aromatic carbocycles. The van der Waals surface area contributed by atoms with Crippen molar-refractivity contribution in [1.29, 1.82) is 0 Å². The van der Waals surface area contributed by atoms with E-state index in [1.807, 2.05) is 11.6 Å². The molecule has 27 heavy (non-hydrogen) atoms. The second-order valence-corrected chi connectivity index (χ2v) is 8.31. The fraction of sp³-hybridized carbons (Fsp3) is 0.550. The molecule has 6 nitrogen and oxygen atoms in total. The Morgan fingerprint density at radius 3 is 2.56 bits per heavy atom. The van der Waals surface area contributed by atoms with Crippen LogP contribution < -0.4 is 4.90 Å². The van der Waals surface area contributed by atoms with Crippen LogP contribution in [0.2, 0.25) is 0 Å². The average molecular weight is 388 g/mol. The zero-order valence-electron chi connectivity index (χ0n) is 16.5. The summed E-state index contributed by atoms with van der Waals surface area (Å²) in [6.07, 6.45) is 5.61. The molecule has 0 atom stereocenters. The van der Waals surface area contributed by atoms with Gasteiger partial charge in [-0.05, 0) is 50.8 Å². The number of rotatable bonds is 7. The summed E-state index contributed by atoms with van der Waals surface area (Å²) >= 11 is 1.44. The molecule has 0 bridgehead atoms. The Bertz CT molecular complexity index is 737. The number of carbonyl (C=O) groups excluding carboxylic acids is 1. The molecule has 0 aliphatic carbocycles. The number of nitrogens with zero attached hydrogens (tertiary/aromatic N) is 5. The van der Waals surface area contributed by atoms with Gasteiger partial charge in [0.15, 0.2) is 5.16 Å². The van der Waals surface area contributed by atoms with Crippen molar-refractivity contribution in [2.24, 2.45) is 0 Å². The van der Waals surface area contributed by atoms with Crippen molar-refractivity contribution in [1.82, 2.24) is 19.7 Å². The van der Waals surface area contributed by atoms with Crippen LogP contribution in [0.15, 0.2) is 35.7 Å². The number of hydrogen-bond acceptors (Lipinski definition) is 5. The van der Waals surface area contributed by atoms with Crippen LogP contribution in [-0.4, -0.2) is 51.5 Å². The second-order valence-electron chi connectivity index (χ2n) is 7.37. The van der Waals surface area contributed by atoms with Gasteiger partial charge in [0, 0.05) is 38.4 Å². The molecule has 7 heteroatoms. The van der Waals surface area contributed by atoms with Gasteiger partial charge >= 0.3 is 0 Å². The molecule has 1 fully saturated rings. The van der Waals surface area contributed by atoms with Gasteiger partial charge < -0.3 is 14.4 Å².